The average molecular weight is 256 g/mol. The summed E-state index contributed by atoms with van der Waals surface area (Å²) < 4.78 is 35.9. The van der Waals surface area contributed by atoms with E-state index in [-0.39, 0.29) is 12.2 Å². The van der Waals surface area contributed by atoms with Gasteiger partial charge in [0.15, 0.2) is 0 Å². The number of alkyl halides is 3. The molecule has 0 heterocycles. The van der Waals surface area contributed by atoms with E-state index in [0.29, 0.717) is 0 Å². The van der Waals surface area contributed by atoms with Crippen LogP contribution in [0.25, 0.3) is 0 Å². The predicted molar refractivity (Wildman–Crippen MR) is 62.5 cm³/mol. The van der Waals surface area contributed by atoms with Gasteiger partial charge in [-0.05, 0) is 36.0 Å². The highest BCUT2D eigenvalue weighted by molar-refractivity contribution is 5.81. The maximum atomic E-state index is 12.0. The van der Waals surface area contributed by atoms with Gasteiger partial charge in [0.1, 0.15) is 5.78 Å². The minimum atomic E-state index is -4.24. The number of carbonyl (C=O) groups excluding carboxylic acids is 1. The smallest absolute Gasteiger partial charge is 0.299 e. The van der Waals surface area contributed by atoms with Gasteiger partial charge >= 0.3 is 6.18 Å². The van der Waals surface area contributed by atoms with Crippen LogP contribution in [0.1, 0.15) is 36.0 Å². The zero-order valence-electron chi connectivity index (χ0n) is 10.0. The second-order valence-electron chi connectivity index (χ2n) is 4.79. The van der Waals surface area contributed by atoms with Crippen LogP contribution in [-0.4, -0.2) is 12.0 Å². The molecule has 0 saturated heterocycles. The fourth-order valence-electron chi connectivity index (χ4n) is 2.33. The third-order valence-corrected chi connectivity index (χ3v) is 3.25. The Morgan fingerprint density at radius 3 is 2.61 bits per heavy atom. The molecule has 0 bridgehead atoms. The highest BCUT2D eigenvalue weighted by atomic mass is 19.4. The summed E-state index contributed by atoms with van der Waals surface area (Å²) in [6.07, 6.45) is -2.35. The van der Waals surface area contributed by atoms with Crippen molar-refractivity contribution in [1.29, 1.82) is 0 Å². The van der Waals surface area contributed by atoms with E-state index in [1.54, 1.807) is 0 Å². The summed E-state index contributed by atoms with van der Waals surface area (Å²) in [7, 11) is 0. The van der Waals surface area contributed by atoms with Gasteiger partial charge in [-0.1, -0.05) is 18.2 Å². The molecule has 0 fully saturated rings. The minimum absolute atomic E-state index is 0.114. The van der Waals surface area contributed by atoms with Crippen molar-refractivity contribution in [2.24, 2.45) is 0 Å². The standard InChI is InChI=1S/C14H15F3O/c15-14(16,17)7-6-13(18)9-10-4-5-11-2-1-3-12(11)8-10/h4-5,8H,1-3,6-7,9H2. The van der Waals surface area contributed by atoms with Crippen LogP contribution in [-0.2, 0) is 24.1 Å². The lowest BCUT2D eigenvalue weighted by atomic mass is 10.0. The molecule has 1 aromatic rings. The summed E-state index contributed by atoms with van der Waals surface area (Å²) >= 11 is 0. The molecule has 1 aliphatic carbocycles. The van der Waals surface area contributed by atoms with Gasteiger partial charge in [0.05, 0.1) is 6.42 Å². The summed E-state index contributed by atoms with van der Waals surface area (Å²) in [5, 5.41) is 0. The Kier molecular flexibility index (Phi) is 3.73. The Morgan fingerprint density at radius 1 is 1.17 bits per heavy atom. The van der Waals surface area contributed by atoms with Gasteiger partial charge in [-0.3, -0.25) is 4.79 Å². The topological polar surface area (TPSA) is 17.1 Å². The van der Waals surface area contributed by atoms with Gasteiger partial charge in [0, 0.05) is 12.8 Å². The fourth-order valence-corrected chi connectivity index (χ4v) is 2.33. The fraction of sp³-hybridized carbons (Fsp3) is 0.500. The van der Waals surface area contributed by atoms with Crippen molar-refractivity contribution in [3.8, 4) is 0 Å². The lowest BCUT2D eigenvalue weighted by molar-refractivity contribution is -0.143. The van der Waals surface area contributed by atoms with E-state index >= 15 is 0 Å². The molecule has 18 heavy (non-hydrogen) atoms. The van der Waals surface area contributed by atoms with Crippen molar-refractivity contribution in [2.75, 3.05) is 0 Å². The van der Waals surface area contributed by atoms with Crippen LogP contribution < -0.4 is 0 Å². The van der Waals surface area contributed by atoms with Crippen molar-refractivity contribution in [3.05, 3.63) is 34.9 Å². The number of rotatable bonds is 4. The molecule has 0 N–H and O–H groups in total. The Morgan fingerprint density at radius 2 is 1.89 bits per heavy atom. The molecule has 98 valence electrons. The molecule has 0 radical (unpaired) electrons. The maximum Gasteiger partial charge on any atom is 0.389 e. The van der Waals surface area contributed by atoms with Crippen LogP contribution in [0, 0.1) is 0 Å². The molecule has 0 spiro atoms. The van der Waals surface area contributed by atoms with Crippen LogP contribution in [0.4, 0.5) is 13.2 Å². The van der Waals surface area contributed by atoms with Crippen molar-refractivity contribution in [2.45, 2.75) is 44.7 Å². The van der Waals surface area contributed by atoms with Gasteiger partial charge in [0.2, 0.25) is 0 Å². The second kappa shape index (κ2) is 5.12. The number of aryl methyl sites for hydroxylation is 2. The summed E-state index contributed by atoms with van der Waals surface area (Å²) in [6, 6.07) is 5.82. The molecule has 1 aromatic carbocycles. The molecular weight excluding hydrogens is 241 g/mol. The number of benzene rings is 1. The van der Waals surface area contributed by atoms with E-state index in [2.05, 4.69) is 0 Å². The van der Waals surface area contributed by atoms with Gasteiger partial charge in [-0.2, -0.15) is 13.2 Å². The summed E-state index contributed by atoms with van der Waals surface area (Å²) in [6.45, 7) is 0. The molecule has 2 rings (SSSR count). The quantitative estimate of drug-likeness (QED) is 0.804. The minimum Gasteiger partial charge on any atom is -0.299 e. The highest BCUT2D eigenvalue weighted by Gasteiger charge is 2.27. The molecule has 0 aliphatic heterocycles. The first kappa shape index (κ1) is 13.1. The molecule has 4 heteroatoms. The first-order valence-corrected chi connectivity index (χ1v) is 6.13. The van der Waals surface area contributed by atoms with E-state index in [4.69, 9.17) is 0 Å². The molecule has 0 aromatic heterocycles. The lowest BCUT2D eigenvalue weighted by Gasteiger charge is -2.06. The summed E-state index contributed by atoms with van der Waals surface area (Å²) in [5.41, 5.74) is 3.39. The molecule has 0 atom stereocenters. The Bertz CT molecular complexity index is 449. The molecule has 0 unspecified atom stereocenters. The van der Waals surface area contributed by atoms with Gasteiger partial charge < -0.3 is 0 Å². The largest absolute Gasteiger partial charge is 0.389 e. The number of Topliss-reactive ketones (excluding diaryl/α,β-unsaturated/α-hetero) is 1. The van der Waals surface area contributed by atoms with E-state index < -0.39 is 19.0 Å². The first-order valence-electron chi connectivity index (χ1n) is 6.13. The van der Waals surface area contributed by atoms with Crippen LogP contribution in [0.15, 0.2) is 18.2 Å². The normalized spacial score (nSPS) is 14.6. The van der Waals surface area contributed by atoms with Crippen molar-refractivity contribution < 1.29 is 18.0 Å². The number of hydrogen-bond acceptors (Lipinski definition) is 1. The van der Waals surface area contributed by atoms with Gasteiger partial charge in [-0.15, -0.1) is 0 Å². The van der Waals surface area contributed by atoms with Crippen LogP contribution in [0.5, 0.6) is 0 Å². The van der Waals surface area contributed by atoms with Crippen LogP contribution in [0.3, 0.4) is 0 Å². The number of hydrogen-bond donors (Lipinski definition) is 0. The average Bonchev–Trinajstić information content (AvgIpc) is 2.72. The molecule has 0 saturated carbocycles. The number of halogens is 3. The third-order valence-electron chi connectivity index (χ3n) is 3.25. The van der Waals surface area contributed by atoms with E-state index in [1.165, 1.54) is 11.1 Å². The Labute approximate surface area is 104 Å². The monoisotopic (exact) mass is 256 g/mol. The number of carbonyl (C=O) groups is 1. The first-order chi connectivity index (χ1) is 8.44. The van der Waals surface area contributed by atoms with Crippen LogP contribution >= 0.6 is 0 Å². The summed E-state index contributed by atoms with van der Waals surface area (Å²) in [5.74, 6) is -0.342. The third kappa shape index (κ3) is 3.59. The van der Waals surface area contributed by atoms with Crippen molar-refractivity contribution >= 4 is 5.78 Å². The van der Waals surface area contributed by atoms with Crippen molar-refractivity contribution in [1.82, 2.24) is 0 Å². The molecular formula is C14H15F3O. The Balaban J connectivity index is 1.91. The zero-order chi connectivity index (χ0) is 13.2. The maximum absolute atomic E-state index is 12.0. The number of fused-ring (bicyclic) bond motifs is 1. The predicted octanol–water partition coefficient (Wildman–Crippen LogP) is 3.63. The molecule has 0 amide bonds. The second-order valence-corrected chi connectivity index (χ2v) is 4.79. The lowest BCUT2D eigenvalue weighted by Crippen LogP contribution is -2.12. The van der Waals surface area contributed by atoms with E-state index in [0.717, 1.165) is 24.8 Å². The Hall–Kier alpha value is -1.32. The molecule has 1 aliphatic rings. The number of ketones is 1. The van der Waals surface area contributed by atoms with Crippen molar-refractivity contribution in [3.63, 3.8) is 0 Å². The summed E-state index contributed by atoms with van der Waals surface area (Å²) in [4.78, 5) is 11.5. The van der Waals surface area contributed by atoms with Gasteiger partial charge in [-0.25, -0.2) is 0 Å². The van der Waals surface area contributed by atoms with Gasteiger partial charge in [0.25, 0.3) is 0 Å². The SMILES string of the molecule is O=C(CCC(F)(F)F)Cc1ccc2c(c1)CCC2. The molecule has 1 nitrogen and oxygen atoms in total. The van der Waals surface area contributed by atoms with E-state index in [9.17, 15) is 18.0 Å². The highest BCUT2D eigenvalue weighted by Crippen LogP contribution is 2.24. The van der Waals surface area contributed by atoms with Crippen LogP contribution in [0.2, 0.25) is 0 Å². The van der Waals surface area contributed by atoms with E-state index in [1.807, 2.05) is 18.2 Å². The zero-order valence-corrected chi connectivity index (χ0v) is 10.0.